The van der Waals surface area contributed by atoms with Crippen LogP contribution in [0.2, 0.25) is 0 Å². The monoisotopic (exact) mass is 294 g/mol. The summed E-state index contributed by atoms with van der Waals surface area (Å²) in [6.45, 7) is 0.451. The van der Waals surface area contributed by atoms with Crippen LogP contribution in [0.3, 0.4) is 0 Å². The molecule has 1 heterocycles. The van der Waals surface area contributed by atoms with E-state index in [-0.39, 0.29) is 0 Å². The number of hydrogen-bond donors (Lipinski definition) is 1. The molecule has 5 heteroatoms. The topological polar surface area (TPSA) is 24.9 Å². The second-order valence-corrected chi connectivity index (χ2v) is 4.81. The molecule has 1 atom stereocenters. The fourth-order valence-electron chi connectivity index (χ4n) is 2.15. The van der Waals surface area contributed by atoms with Crippen molar-refractivity contribution >= 4 is 0 Å². The molecule has 0 spiro atoms. The third-order valence-electron chi connectivity index (χ3n) is 3.14. The highest BCUT2D eigenvalue weighted by Gasteiger charge is 2.32. The number of benzene rings is 1. The van der Waals surface area contributed by atoms with Gasteiger partial charge in [-0.2, -0.15) is 13.2 Å². The molecule has 1 aromatic heterocycles. The molecule has 0 aliphatic rings. The van der Waals surface area contributed by atoms with E-state index >= 15 is 0 Å². The molecule has 0 saturated carbocycles. The van der Waals surface area contributed by atoms with Gasteiger partial charge in [-0.25, -0.2) is 0 Å². The van der Waals surface area contributed by atoms with E-state index in [9.17, 15) is 13.2 Å². The molecule has 0 bridgehead atoms. The van der Waals surface area contributed by atoms with Crippen molar-refractivity contribution < 1.29 is 13.2 Å². The van der Waals surface area contributed by atoms with Gasteiger partial charge >= 0.3 is 6.18 Å². The van der Waals surface area contributed by atoms with Crippen LogP contribution < -0.4 is 5.32 Å². The molecule has 1 N–H and O–H groups in total. The van der Waals surface area contributed by atoms with Crippen LogP contribution in [-0.4, -0.2) is 17.7 Å². The third-order valence-corrected chi connectivity index (χ3v) is 3.14. The van der Waals surface area contributed by atoms with Crippen molar-refractivity contribution in [3.8, 4) is 0 Å². The first-order chi connectivity index (χ1) is 10.0. The van der Waals surface area contributed by atoms with Crippen LogP contribution in [0.15, 0.2) is 54.7 Å². The molecule has 1 aromatic carbocycles. The van der Waals surface area contributed by atoms with Crippen LogP contribution in [0.5, 0.6) is 0 Å². The standard InChI is InChI=1S/C16H17F3N2/c17-16(18,19)12-15(13-6-2-1-3-7-13)21-11-9-14-8-4-5-10-20-14/h1-8,10,15,21H,9,11-12H2. The number of rotatable bonds is 6. The van der Waals surface area contributed by atoms with Gasteiger partial charge in [0.2, 0.25) is 0 Å². The Morgan fingerprint density at radius 3 is 2.33 bits per heavy atom. The number of aromatic nitrogens is 1. The van der Waals surface area contributed by atoms with E-state index in [4.69, 9.17) is 0 Å². The first kappa shape index (κ1) is 15.5. The van der Waals surface area contributed by atoms with Crippen molar-refractivity contribution in [2.75, 3.05) is 6.54 Å². The molecule has 21 heavy (non-hydrogen) atoms. The van der Waals surface area contributed by atoms with Gasteiger partial charge in [0.25, 0.3) is 0 Å². The number of alkyl halides is 3. The summed E-state index contributed by atoms with van der Waals surface area (Å²) in [5.41, 5.74) is 1.51. The average molecular weight is 294 g/mol. The second-order valence-electron chi connectivity index (χ2n) is 4.81. The highest BCUT2D eigenvalue weighted by molar-refractivity contribution is 5.19. The maximum Gasteiger partial charge on any atom is 0.390 e. The minimum Gasteiger partial charge on any atom is -0.309 e. The van der Waals surface area contributed by atoms with E-state index in [0.29, 0.717) is 18.5 Å². The number of nitrogens with one attached hydrogen (secondary N) is 1. The Bertz CT molecular complexity index is 526. The van der Waals surface area contributed by atoms with Crippen LogP contribution in [-0.2, 0) is 6.42 Å². The van der Waals surface area contributed by atoms with Gasteiger partial charge in [0.15, 0.2) is 0 Å². The Balaban J connectivity index is 1.96. The molecular weight excluding hydrogens is 277 g/mol. The zero-order chi connectivity index (χ0) is 15.1. The van der Waals surface area contributed by atoms with Crippen molar-refractivity contribution in [3.05, 3.63) is 66.0 Å². The molecule has 0 radical (unpaired) electrons. The van der Waals surface area contributed by atoms with Crippen molar-refractivity contribution in [1.82, 2.24) is 10.3 Å². The number of pyridine rings is 1. The van der Waals surface area contributed by atoms with E-state index in [1.54, 1.807) is 36.5 Å². The van der Waals surface area contributed by atoms with E-state index in [0.717, 1.165) is 5.69 Å². The van der Waals surface area contributed by atoms with Crippen LogP contribution in [0.4, 0.5) is 13.2 Å². The molecule has 0 fully saturated rings. The molecule has 2 aromatic rings. The maximum absolute atomic E-state index is 12.7. The minimum atomic E-state index is -4.20. The molecule has 1 unspecified atom stereocenters. The van der Waals surface area contributed by atoms with Gasteiger partial charge in [-0.15, -0.1) is 0 Å². The van der Waals surface area contributed by atoms with Crippen LogP contribution in [0.25, 0.3) is 0 Å². The second kappa shape index (κ2) is 7.22. The summed E-state index contributed by atoms with van der Waals surface area (Å²) >= 11 is 0. The Kier molecular flexibility index (Phi) is 5.33. The first-order valence-electron chi connectivity index (χ1n) is 6.79. The van der Waals surface area contributed by atoms with Crippen LogP contribution in [0.1, 0.15) is 23.7 Å². The number of halogens is 3. The lowest BCUT2D eigenvalue weighted by atomic mass is 10.0. The maximum atomic E-state index is 12.7. The van der Waals surface area contributed by atoms with Gasteiger partial charge in [-0.05, 0) is 17.7 Å². The minimum absolute atomic E-state index is 0.451. The summed E-state index contributed by atoms with van der Waals surface area (Å²) in [4.78, 5) is 4.16. The lowest BCUT2D eigenvalue weighted by molar-refractivity contribution is -0.140. The molecular formula is C16H17F3N2. The van der Waals surface area contributed by atoms with Gasteiger partial charge in [0.05, 0.1) is 6.42 Å². The Hall–Kier alpha value is -1.88. The van der Waals surface area contributed by atoms with Gasteiger partial charge in [-0.1, -0.05) is 36.4 Å². The lowest BCUT2D eigenvalue weighted by Gasteiger charge is -2.20. The largest absolute Gasteiger partial charge is 0.390 e. The molecule has 0 aliphatic carbocycles. The van der Waals surface area contributed by atoms with Crippen molar-refractivity contribution in [2.45, 2.75) is 25.1 Å². The number of nitrogens with zero attached hydrogens (tertiary/aromatic N) is 1. The van der Waals surface area contributed by atoms with E-state index in [1.807, 2.05) is 18.2 Å². The molecule has 2 nitrogen and oxygen atoms in total. The van der Waals surface area contributed by atoms with Gasteiger partial charge in [-0.3, -0.25) is 4.98 Å². The lowest BCUT2D eigenvalue weighted by Crippen LogP contribution is -2.28. The molecule has 0 aliphatic heterocycles. The predicted molar refractivity (Wildman–Crippen MR) is 75.8 cm³/mol. The molecule has 2 rings (SSSR count). The zero-order valence-electron chi connectivity index (χ0n) is 11.5. The molecule has 0 saturated heterocycles. The van der Waals surface area contributed by atoms with Gasteiger partial charge in [0, 0.05) is 30.9 Å². The predicted octanol–water partition coefficient (Wildman–Crippen LogP) is 3.91. The van der Waals surface area contributed by atoms with Crippen LogP contribution in [0, 0.1) is 0 Å². The molecule has 0 amide bonds. The van der Waals surface area contributed by atoms with E-state index in [1.165, 1.54) is 0 Å². The Morgan fingerprint density at radius 1 is 1.00 bits per heavy atom. The SMILES string of the molecule is FC(F)(F)CC(NCCc1ccccn1)c1ccccc1. The highest BCUT2D eigenvalue weighted by atomic mass is 19.4. The Morgan fingerprint density at radius 2 is 1.71 bits per heavy atom. The normalized spacial score (nSPS) is 13.1. The van der Waals surface area contributed by atoms with Crippen LogP contribution >= 0.6 is 0 Å². The summed E-state index contributed by atoms with van der Waals surface area (Å²) in [6.07, 6.45) is -2.79. The van der Waals surface area contributed by atoms with Crippen molar-refractivity contribution in [2.24, 2.45) is 0 Å². The zero-order valence-corrected chi connectivity index (χ0v) is 11.5. The summed E-state index contributed by atoms with van der Waals surface area (Å²) in [5.74, 6) is 0. The summed E-state index contributed by atoms with van der Waals surface area (Å²) in [6, 6.07) is 13.5. The average Bonchev–Trinajstić information content (AvgIpc) is 2.47. The molecule has 112 valence electrons. The third kappa shape index (κ3) is 5.55. The van der Waals surface area contributed by atoms with E-state index < -0.39 is 18.6 Å². The Labute approximate surface area is 122 Å². The summed E-state index contributed by atoms with van der Waals surface area (Å²) < 4.78 is 38.1. The van der Waals surface area contributed by atoms with Crippen molar-refractivity contribution in [3.63, 3.8) is 0 Å². The summed E-state index contributed by atoms with van der Waals surface area (Å²) in [7, 11) is 0. The number of hydrogen-bond acceptors (Lipinski definition) is 2. The summed E-state index contributed by atoms with van der Waals surface area (Å²) in [5, 5.41) is 2.98. The highest BCUT2D eigenvalue weighted by Crippen LogP contribution is 2.29. The van der Waals surface area contributed by atoms with Gasteiger partial charge in [0.1, 0.15) is 0 Å². The fraction of sp³-hybridized carbons (Fsp3) is 0.312. The van der Waals surface area contributed by atoms with Gasteiger partial charge < -0.3 is 5.32 Å². The first-order valence-corrected chi connectivity index (χ1v) is 6.79. The van der Waals surface area contributed by atoms with E-state index in [2.05, 4.69) is 10.3 Å². The quantitative estimate of drug-likeness (QED) is 0.874. The van der Waals surface area contributed by atoms with Crippen molar-refractivity contribution in [1.29, 1.82) is 0 Å². The fourth-order valence-corrected chi connectivity index (χ4v) is 2.15. The smallest absolute Gasteiger partial charge is 0.309 e.